The first-order valence-electron chi connectivity index (χ1n) is 8.05. The molecule has 6 heteroatoms. The maximum absolute atomic E-state index is 12.8. The van der Waals surface area contributed by atoms with Gasteiger partial charge in [-0.3, -0.25) is 0 Å². The molecule has 1 aliphatic heterocycles. The fourth-order valence-corrected chi connectivity index (χ4v) is 2.75. The summed E-state index contributed by atoms with van der Waals surface area (Å²) >= 11 is 0. The first-order valence-corrected chi connectivity index (χ1v) is 8.05. The zero-order valence-electron chi connectivity index (χ0n) is 13.4. The maximum Gasteiger partial charge on any atom is 0.326 e. The second-order valence-electron chi connectivity index (χ2n) is 5.99. The van der Waals surface area contributed by atoms with Crippen molar-refractivity contribution in [1.29, 1.82) is 0 Å². The molecule has 0 aliphatic carbocycles. The van der Waals surface area contributed by atoms with E-state index in [4.69, 9.17) is 0 Å². The highest BCUT2D eigenvalue weighted by Crippen LogP contribution is 2.17. The number of rotatable bonds is 4. The van der Waals surface area contributed by atoms with Crippen LogP contribution < -0.4 is 0 Å². The molecule has 0 saturated carbocycles. The van der Waals surface area contributed by atoms with E-state index in [1.54, 1.807) is 17.0 Å². The summed E-state index contributed by atoms with van der Waals surface area (Å²) in [5.74, 6) is -0.877. The molecule has 0 bridgehead atoms. The second-order valence-corrected chi connectivity index (χ2v) is 5.99. The smallest absolute Gasteiger partial charge is 0.326 e. The largest absolute Gasteiger partial charge is 0.508 e. The number of phenolic OH excluding ortho intramolecular Hbond substituents is 1. The number of hydrogen-bond acceptors (Lipinski definition) is 3. The van der Waals surface area contributed by atoms with Gasteiger partial charge in [0.05, 0.1) is 0 Å². The highest BCUT2D eigenvalue weighted by atomic mass is 16.4. The van der Waals surface area contributed by atoms with Gasteiger partial charge in [-0.25, -0.2) is 9.59 Å². The Labute approximate surface area is 136 Å². The molecule has 2 amide bonds. The van der Waals surface area contributed by atoms with Crippen molar-refractivity contribution in [2.75, 3.05) is 13.1 Å². The van der Waals surface area contributed by atoms with Crippen LogP contribution >= 0.6 is 0 Å². The van der Waals surface area contributed by atoms with Crippen molar-refractivity contribution in [3.63, 3.8) is 0 Å². The van der Waals surface area contributed by atoms with Crippen LogP contribution in [0.25, 0.3) is 0 Å². The van der Waals surface area contributed by atoms with Crippen molar-refractivity contribution in [3.8, 4) is 5.75 Å². The van der Waals surface area contributed by atoms with E-state index in [2.05, 4.69) is 0 Å². The molecule has 6 nitrogen and oxygen atoms in total. The molecule has 1 fully saturated rings. The lowest BCUT2D eigenvalue weighted by Gasteiger charge is -2.32. The van der Waals surface area contributed by atoms with Crippen LogP contribution in [0.3, 0.4) is 0 Å². The number of carboxylic acids is 1. The standard InChI is InChI=1S/C17H24N2O4/c1-13(16(21)22)19(12-14-6-8-15(20)9-7-14)17(23)18-10-4-2-3-5-11-18/h6-9,13,20H,2-5,10-12H2,1H3,(H,21,22). The zero-order chi connectivity index (χ0) is 16.8. The van der Waals surface area contributed by atoms with Crippen LogP contribution in [0.2, 0.25) is 0 Å². The molecule has 0 spiro atoms. The Hall–Kier alpha value is -2.24. The van der Waals surface area contributed by atoms with Crippen molar-refractivity contribution in [3.05, 3.63) is 29.8 Å². The third kappa shape index (κ3) is 4.61. The fraction of sp³-hybridized carbons (Fsp3) is 0.529. The topological polar surface area (TPSA) is 81.1 Å². The molecule has 1 saturated heterocycles. The monoisotopic (exact) mass is 320 g/mol. The van der Waals surface area contributed by atoms with Crippen LogP contribution in [0.1, 0.15) is 38.2 Å². The van der Waals surface area contributed by atoms with Crippen LogP contribution in [-0.4, -0.2) is 51.1 Å². The molecular weight excluding hydrogens is 296 g/mol. The Morgan fingerprint density at radius 1 is 1.13 bits per heavy atom. The molecule has 2 rings (SSSR count). The van der Waals surface area contributed by atoms with Crippen LogP contribution in [0.4, 0.5) is 4.79 Å². The summed E-state index contributed by atoms with van der Waals surface area (Å²) in [7, 11) is 0. The van der Waals surface area contributed by atoms with Crippen LogP contribution in [0.15, 0.2) is 24.3 Å². The van der Waals surface area contributed by atoms with Gasteiger partial charge < -0.3 is 20.0 Å². The molecule has 1 aromatic carbocycles. The molecule has 1 unspecified atom stereocenters. The molecule has 23 heavy (non-hydrogen) atoms. The molecule has 1 aromatic rings. The average molecular weight is 320 g/mol. The third-order valence-corrected chi connectivity index (χ3v) is 4.24. The molecule has 1 aliphatic rings. The van der Waals surface area contributed by atoms with E-state index >= 15 is 0 Å². The Balaban J connectivity index is 2.17. The molecule has 0 aromatic heterocycles. The summed E-state index contributed by atoms with van der Waals surface area (Å²) in [6.45, 7) is 3.09. The van der Waals surface area contributed by atoms with Gasteiger partial charge in [-0.15, -0.1) is 0 Å². The average Bonchev–Trinajstić information content (AvgIpc) is 2.82. The van der Waals surface area contributed by atoms with E-state index in [0.717, 1.165) is 31.2 Å². The van der Waals surface area contributed by atoms with Crippen LogP contribution in [0.5, 0.6) is 5.75 Å². The molecule has 1 atom stereocenters. The maximum atomic E-state index is 12.8. The second kappa shape index (κ2) is 7.85. The van der Waals surface area contributed by atoms with E-state index in [0.29, 0.717) is 13.1 Å². The molecule has 1 heterocycles. The number of hydrogen-bond donors (Lipinski definition) is 2. The van der Waals surface area contributed by atoms with Crippen molar-refractivity contribution in [2.45, 2.75) is 45.2 Å². The number of carbonyl (C=O) groups excluding carboxylic acids is 1. The lowest BCUT2D eigenvalue weighted by Crippen LogP contribution is -2.49. The number of urea groups is 1. The number of benzene rings is 1. The first-order chi connectivity index (χ1) is 11.0. The Bertz CT molecular complexity index is 536. The number of aromatic hydroxyl groups is 1. The number of aliphatic carboxylic acids is 1. The number of phenols is 1. The Morgan fingerprint density at radius 2 is 1.70 bits per heavy atom. The van der Waals surface area contributed by atoms with E-state index < -0.39 is 12.0 Å². The predicted octanol–water partition coefficient (Wildman–Crippen LogP) is 2.66. The molecule has 0 radical (unpaired) electrons. The van der Waals surface area contributed by atoms with Gasteiger partial charge in [-0.1, -0.05) is 25.0 Å². The van der Waals surface area contributed by atoms with Crippen molar-refractivity contribution in [1.82, 2.24) is 9.80 Å². The summed E-state index contributed by atoms with van der Waals surface area (Å²) < 4.78 is 0. The minimum absolute atomic E-state index is 0.144. The van der Waals surface area contributed by atoms with Gasteiger partial charge in [-0.05, 0) is 37.5 Å². The molecule has 126 valence electrons. The van der Waals surface area contributed by atoms with Crippen molar-refractivity contribution >= 4 is 12.0 Å². The number of carboxylic acid groups (broad SMARTS) is 1. The number of likely N-dealkylation sites (tertiary alicyclic amines) is 1. The van der Waals surface area contributed by atoms with E-state index in [9.17, 15) is 19.8 Å². The van der Waals surface area contributed by atoms with Gasteiger partial charge in [0.15, 0.2) is 0 Å². The third-order valence-electron chi connectivity index (χ3n) is 4.24. The van der Waals surface area contributed by atoms with Gasteiger partial charge in [0, 0.05) is 19.6 Å². The highest BCUT2D eigenvalue weighted by molar-refractivity contribution is 5.82. The van der Waals surface area contributed by atoms with E-state index in [-0.39, 0.29) is 18.3 Å². The normalized spacial score (nSPS) is 16.5. The zero-order valence-corrected chi connectivity index (χ0v) is 13.4. The van der Waals surface area contributed by atoms with Gasteiger partial charge in [0.1, 0.15) is 11.8 Å². The summed E-state index contributed by atoms with van der Waals surface area (Å²) in [6.07, 6.45) is 4.13. The Morgan fingerprint density at radius 3 is 2.22 bits per heavy atom. The minimum Gasteiger partial charge on any atom is -0.508 e. The lowest BCUT2D eigenvalue weighted by atomic mass is 10.1. The summed E-state index contributed by atoms with van der Waals surface area (Å²) in [5, 5.41) is 18.7. The number of carbonyl (C=O) groups is 2. The summed E-state index contributed by atoms with van der Waals surface area (Å²) in [5.41, 5.74) is 0.791. The quantitative estimate of drug-likeness (QED) is 0.893. The Kier molecular flexibility index (Phi) is 5.84. The first kappa shape index (κ1) is 17.1. The fourth-order valence-electron chi connectivity index (χ4n) is 2.75. The van der Waals surface area contributed by atoms with Crippen molar-refractivity contribution in [2.24, 2.45) is 0 Å². The summed E-state index contributed by atoms with van der Waals surface area (Å²) in [4.78, 5) is 27.3. The summed E-state index contributed by atoms with van der Waals surface area (Å²) in [6, 6.07) is 5.35. The highest BCUT2D eigenvalue weighted by Gasteiger charge is 2.29. The van der Waals surface area contributed by atoms with Gasteiger partial charge >= 0.3 is 12.0 Å². The predicted molar refractivity (Wildman–Crippen MR) is 86.2 cm³/mol. The SMILES string of the molecule is CC(C(=O)O)N(Cc1ccc(O)cc1)C(=O)N1CCCCCC1. The molecular formula is C17H24N2O4. The van der Waals surface area contributed by atoms with E-state index in [1.165, 1.54) is 24.0 Å². The number of amides is 2. The van der Waals surface area contributed by atoms with Crippen LogP contribution in [-0.2, 0) is 11.3 Å². The van der Waals surface area contributed by atoms with E-state index in [1.807, 2.05) is 0 Å². The van der Waals surface area contributed by atoms with Gasteiger partial charge in [0.25, 0.3) is 0 Å². The number of nitrogens with zero attached hydrogens (tertiary/aromatic N) is 2. The lowest BCUT2D eigenvalue weighted by molar-refractivity contribution is -0.141. The minimum atomic E-state index is -1.02. The van der Waals surface area contributed by atoms with Gasteiger partial charge in [0.2, 0.25) is 0 Å². The molecule has 2 N–H and O–H groups in total. The van der Waals surface area contributed by atoms with Crippen LogP contribution in [0, 0.1) is 0 Å². The van der Waals surface area contributed by atoms with Gasteiger partial charge in [-0.2, -0.15) is 0 Å². The van der Waals surface area contributed by atoms with Crippen molar-refractivity contribution < 1.29 is 19.8 Å².